The van der Waals surface area contributed by atoms with Crippen molar-refractivity contribution in [3.05, 3.63) is 29.1 Å². The Balaban J connectivity index is 3.12. The third kappa shape index (κ3) is 4.40. The van der Waals surface area contributed by atoms with Crippen molar-refractivity contribution >= 4 is 15.9 Å². The van der Waals surface area contributed by atoms with E-state index >= 15 is 0 Å². The summed E-state index contributed by atoms with van der Waals surface area (Å²) in [6, 6.07) is 1.84. The zero-order valence-electron chi connectivity index (χ0n) is 12.2. The van der Waals surface area contributed by atoms with Gasteiger partial charge in [-0.05, 0) is 43.5 Å². The number of benzene rings is 1. The summed E-state index contributed by atoms with van der Waals surface area (Å²) in [6.07, 6.45) is 0.556. The van der Waals surface area contributed by atoms with Gasteiger partial charge in [-0.2, -0.15) is 0 Å². The summed E-state index contributed by atoms with van der Waals surface area (Å²) in [5, 5.41) is 11.4. The second-order valence-electron chi connectivity index (χ2n) is 4.89. The van der Waals surface area contributed by atoms with E-state index in [1.807, 2.05) is 0 Å². The fraction of sp³-hybridized carbons (Fsp3) is 0.462. The summed E-state index contributed by atoms with van der Waals surface area (Å²) in [6.45, 7) is 4.85. The minimum Gasteiger partial charge on any atom is -0.409 e. The van der Waals surface area contributed by atoms with Gasteiger partial charge in [-0.25, -0.2) is 17.5 Å². The predicted octanol–water partition coefficient (Wildman–Crippen LogP) is 1.64. The van der Waals surface area contributed by atoms with E-state index in [1.165, 1.54) is 26.0 Å². The van der Waals surface area contributed by atoms with Crippen LogP contribution in [0, 0.1) is 19.7 Å². The van der Waals surface area contributed by atoms with E-state index in [9.17, 15) is 12.8 Å². The van der Waals surface area contributed by atoms with Gasteiger partial charge in [0.2, 0.25) is 10.0 Å². The molecule has 0 bridgehead atoms. The van der Waals surface area contributed by atoms with Crippen LogP contribution in [0.25, 0.3) is 0 Å². The lowest BCUT2D eigenvalue weighted by Crippen LogP contribution is -2.38. The molecule has 0 aliphatic carbocycles. The zero-order chi connectivity index (χ0) is 16.2. The molecule has 1 aromatic rings. The fourth-order valence-corrected chi connectivity index (χ4v) is 3.93. The number of rotatable bonds is 6. The summed E-state index contributed by atoms with van der Waals surface area (Å²) in [4.78, 5) is 0.0573. The molecule has 0 radical (unpaired) electrons. The van der Waals surface area contributed by atoms with Gasteiger partial charge in [0.25, 0.3) is 0 Å². The average molecular weight is 317 g/mol. The monoisotopic (exact) mass is 317 g/mol. The molecule has 0 heterocycles. The molecule has 0 fully saturated rings. The van der Waals surface area contributed by atoms with Crippen LogP contribution in [0.3, 0.4) is 0 Å². The Morgan fingerprint density at radius 3 is 2.38 bits per heavy atom. The molecule has 0 spiro atoms. The normalized spacial score (nSPS) is 14.2. The van der Waals surface area contributed by atoms with Gasteiger partial charge in [-0.1, -0.05) is 12.1 Å². The number of aryl methyl sites for hydroxylation is 2. The van der Waals surface area contributed by atoms with Gasteiger partial charge in [-0.15, -0.1) is 0 Å². The number of nitrogens with one attached hydrogen (secondary N) is 1. The van der Waals surface area contributed by atoms with Gasteiger partial charge in [0.05, 0.1) is 4.90 Å². The van der Waals surface area contributed by atoms with Crippen molar-refractivity contribution in [1.29, 1.82) is 0 Å². The quantitative estimate of drug-likeness (QED) is 0.321. The second kappa shape index (κ2) is 6.86. The fourth-order valence-electron chi connectivity index (χ4n) is 2.16. The van der Waals surface area contributed by atoms with E-state index in [1.54, 1.807) is 6.92 Å². The molecule has 0 aromatic heterocycles. The highest BCUT2D eigenvalue weighted by Gasteiger charge is 2.24. The number of hydrogen-bond acceptors (Lipinski definition) is 4. The van der Waals surface area contributed by atoms with Gasteiger partial charge >= 0.3 is 0 Å². The van der Waals surface area contributed by atoms with Crippen LogP contribution in [-0.4, -0.2) is 25.5 Å². The highest BCUT2D eigenvalue weighted by Crippen LogP contribution is 2.22. The Hall–Kier alpha value is -1.67. The zero-order valence-corrected chi connectivity index (χ0v) is 13.0. The maximum Gasteiger partial charge on any atom is 0.241 e. The third-order valence-corrected chi connectivity index (χ3v) is 4.92. The number of amidine groups is 1. The molecular weight excluding hydrogens is 297 g/mol. The Morgan fingerprint density at radius 2 is 1.95 bits per heavy atom. The van der Waals surface area contributed by atoms with E-state index in [4.69, 9.17) is 10.9 Å². The van der Waals surface area contributed by atoms with E-state index in [0.29, 0.717) is 17.5 Å². The first-order valence-corrected chi connectivity index (χ1v) is 7.95. The molecular formula is C13H20FN3O3S. The first-order valence-electron chi connectivity index (χ1n) is 6.46. The number of hydrogen-bond donors (Lipinski definition) is 3. The first-order chi connectivity index (χ1) is 9.71. The lowest BCUT2D eigenvalue weighted by molar-refractivity contribution is 0.316. The summed E-state index contributed by atoms with van der Waals surface area (Å²) in [5.74, 6) is -0.537. The molecule has 21 heavy (non-hydrogen) atoms. The van der Waals surface area contributed by atoms with Crippen LogP contribution < -0.4 is 10.5 Å². The van der Waals surface area contributed by atoms with Gasteiger partial charge < -0.3 is 10.9 Å². The molecule has 0 amide bonds. The molecule has 8 heteroatoms. The molecule has 0 saturated heterocycles. The van der Waals surface area contributed by atoms with E-state index in [0.717, 1.165) is 0 Å². The van der Waals surface area contributed by atoms with Gasteiger partial charge in [0.1, 0.15) is 11.7 Å². The van der Waals surface area contributed by atoms with Crippen molar-refractivity contribution in [2.24, 2.45) is 10.9 Å². The number of sulfonamides is 1. The smallest absolute Gasteiger partial charge is 0.241 e. The van der Waals surface area contributed by atoms with Crippen molar-refractivity contribution in [3.8, 4) is 0 Å². The molecule has 1 atom stereocenters. The number of oxime groups is 1. The van der Waals surface area contributed by atoms with Crippen LogP contribution in [0.4, 0.5) is 4.39 Å². The molecule has 1 aromatic carbocycles. The Morgan fingerprint density at radius 1 is 1.43 bits per heavy atom. The molecule has 118 valence electrons. The van der Waals surface area contributed by atoms with Crippen molar-refractivity contribution < 1.29 is 18.0 Å². The largest absolute Gasteiger partial charge is 0.409 e. The van der Waals surface area contributed by atoms with Crippen molar-refractivity contribution in [3.63, 3.8) is 0 Å². The highest BCUT2D eigenvalue weighted by atomic mass is 32.2. The van der Waals surface area contributed by atoms with Crippen molar-refractivity contribution in [2.75, 3.05) is 0 Å². The van der Waals surface area contributed by atoms with E-state index in [-0.39, 0.29) is 17.2 Å². The van der Waals surface area contributed by atoms with E-state index < -0.39 is 21.9 Å². The first kappa shape index (κ1) is 17.4. The predicted molar refractivity (Wildman–Crippen MR) is 78.3 cm³/mol. The van der Waals surface area contributed by atoms with Gasteiger partial charge in [0.15, 0.2) is 0 Å². The van der Waals surface area contributed by atoms with Crippen LogP contribution >= 0.6 is 0 Å². The molecule has 0 aliphatic rings. The minimum atomic E-state index is -3.81. The SMILES string of the molecule is CCC(CC(N)=NO)NS(=O)(=O)c1c(C)cc(F)cc1C. The maximum absolute atomic E-state index is 13.3. The van der Waals surface area contributed by atoms with Gasteiger partial charge in [0, 0.05) is 12.5 Å². The summed E-state index contributed by atoms with van der Waals surface area (Å²) in [7, 11) is -3.81. The molecule has 1 rings (SSSR count). The number of nitrogens with two attached hydrogens (primary N) is 1. The number of nitrogens with zero attached hydrogens (tertiary/aromatic N) is 1. The summed E-state index contributed by atoms with van der Waals surface area (Å²) < 4.78 is 40.7. The highest BCUT2D eigenvalue weighted by molar-refractivity contribution is 7.89. The van der Waals surface area contributed by atoms with Gasteiger partial charge in [-0.3, -0.25) is 0 Å². The summed E-state index contributed by atoms with van der Waals surface area (Å²) in [5.41, 5.74) is 6.07. The Bertz CT molecular complexity index is 621. The van der Waals surface area contributed by atoms with E-state index in [2.05, 4.69) is 9.88 Å². The molecule has 1 unspecified atom stereocenters. The van der Waals surface area contributed by atoms with Crippen LogP contribution in [0.5, 0.6) is 0 Å². The average Bonchev–Trinajstić information content (AvgIpc) is 2.35. The Labute approximate surface area is 123 Å². The lowest BCUT2D eigenvalue weighted by atomic mass is 10.1. The number of halogens is 1. The topological polar surface area (TPSA) is 105 Å². The standard InChI is InChI=1S/C13H20FN3O3S/c1-4-11(7-12(15)16-18)17-21(19,20)13-8(2)5-10(14)6-9(13)3/h5-6,11,17-18H,4,7H2,1-3H3,(H2,15,16). The molecule has 4 N–H and O–H groups in total. The summed E-state index contributed by atoms with van der Waals surface area (Å²) >= 11 is 0. The molecule has 0 aliphatic heterocycles. The van der Waals surface area contributed by atoms with Crippen molar-refractivity contribution in [1.82, 2.24) is 4.72 Å². The Kier molecular flexibility index (Phi) is 5.68. The van der Waals surface area contributed by atoms with Crippen LogP contribution in [0.2, 0.25) is 0 Å². The third-order valence-electron chi connectivity index (χ3n) is 3.09. The van der Waals surface area contributed by atoms with Crippen LogP contribution in [0.1, 0.15) is 30.9 Å². The lowest BCUT2D eigenvalue weighted by Gasteiger charge is -2.18. The van der Waals surface area contributed by atoms with Crippen LogP contribution in [-0.2, 0) is 10.0 Å². The van der Waals surface area contributed by atoms with Crippen LogP contribution in [0.15, 0.2) is 22.2 Å². The molecule has 6 nitrogen and oxygen atoms in total. The van der Waals surface area contributed by atoms with Crippen molar-refractivity contribution in [2.45, 2.75) is 44.6 Å². The second-order valence-corrected chi connectivity index (χ2v) is 6.54. The molecule has 0 saturated carbocycles. The maximum atomic E-state index is 13.3. The minimum absolute atomic E-state index is 0.0573.